The fraction of sp³-hybridized carbons (Fsp3) is 0.708. The van der Waals surface area contributed by atoms with E-state index < -0.39 is 5.60 Å². The van der Waals surface area contributed by atoms with Gasteiger partial charge in [-0.3, -0.25) is 4.90 Å². The molecule has 3 rings (SSSR count). The fourth-order valence-corrected chi connectivity index (χ4v) is 4.47. The Labute approximate surface area is 176 Å². The first-order valence-corrected chi connectivity index (χ1v) is 11.1. The van der Waals surface area contributed by atoms with E-state index in [1.54, 1.807) is 7.11 Å². The number of hydrogen-bond donors (Lipinski definition) is 0. The predicted molar refractivity (Wildman–Crippen MR) is 116 cm³/mol. The number of rotatable bonds is 7. The first kappa shape index (κ1) is 21.9. The normalized spacial score (nSPS) is 19.6. The molecule has 29 heavy (non-hydrogen) atoms. The van der Waals surface area contributed by atoms with Gasteiger partial charge in [0.05, 0.1) is 7.11 Å². The van der Waals surface area contributed by atoms with Gasteiger partial charge in [-0.2, -0.15) is 0 Å². The highest BCUT2D eigenvalue weighted by molar-refractivity contribution is 5.68. The summed E-state index contributed by atoms with van der Waals surface area (Å²) in [7, 11) is 1.73. The Balaban J connectivity index is 1.51. The maximum Gasteiger partial charge on any atom is 0.410 e. The van der Waals surface area contributed by atoms with E-state index in [0.29, 0.717) is 18.0 Å². The van der Waals surface area contributed by atoms with Gasteiger partial charge < -0.3 is 14.4 Å². The van der Waals surface area contributed by atoms with Gasteiger partial charge in [0.15, 0.2) is 0 Å². The Kier molecular flexibility index (Phi) is 6.77. The lowest BCUT2D eigenvalue weighted by Gasteiger charge is -2.39. The Morgan fingerprint density at radius 1 is 1.24 bits per heavy atom. The van der Waals surface area contributed by atoms with Crippen molar-refractivity contribution in [1.82, 2.24) is 9.80 Å². The van der Waals surface area contributed by atoms with Crippen molar-refractivity contribution in [2.24, 2.45) is 5.92 Å². The van der Waals surface area contributed by atoms with Crippen molar-refractivity contribution in [3.63, 3.8) is 0 Å². The largest absolute Gasteiger partial charge is 0.497 e. The third-order valence-electron chi connectivity index (χ3n) is 6.29. The van der Waals surface area contributed by atoms with Crippen LogP contribution in [0.5, 0.6) is 5.75 Å². The average Bonchev–Trinajstić information content (AvgIpc) is 3.45. The number of nitrogens with zero attached hydrogens (tertiary/aromatic N) is 2. The molecule has 5 heteroatoms. The lowest BCUT2D eigenvalue weighted by Crippen LogP contribution is -2.47. The summed E-state index contributed by atoms with van der Waals surface area (Å²) in [5.74, 6) is 1.50. The van der Waals surface area contributed by atoms with Crippen molar-refractivity contribution in [3.8, 4) is 5.75 Å². The minimum Gasteiger partial charge on any atom is -0.497 e. The van der Waals surface area contributed by atoms with Crippen LogP contribution < -0.4 is 4.74 Å². The Bertz CT molecular complexity index is 686. The van der Waals surface area contributed by atoms with Crippen molar-refractivity contribution in [2.45, 2.75) is 70.9 Å². The highest BCUT2D eigenvalue weighted by atomic mass is 16.6. The number of amides is 1. The van der Waals surface area contributed by atoms with Crippen LogP contribution >= 0.6 is 0 Å². The number of benzene rings is 1. The van der Waals surface area contributed by atoms with Crippen molar-refractivity contribution < 1.29 is 14.3 Å². The van der Waals surface area contributed by atoms with E-state index in [4.69, 9.17) is 9.47 Å². The molecule has 0 unspecified atom stereocenters. The predicted octanol–water partition coefficient (Wildman–Crippen LogP) is 4.74. The van der Waals surface area contributed by atoms with Gasteiger partial charge in [0, 0.05) is 18.6 Å². The Morgan fingerprint density at radius 3 is 2.48 bits per heavy atom. The van der Waals surface area contributed by atoms with Gasteiger partial charge in [-0.25, -0.2) is 4.79 Å². The summed E-state index contributed by atoms with van der Waals surface area (Å²) in [5.41, 5.74) is 1.27. The number of ether oxygens (including phenoxy) is 2. The van der Waals surface area contributed by atoms with Gasteiger partial charge in [-0.05, 0) is 96.5 Å². The van der Waals surface area contributed by atoms with Crippen LogP contribution in [0, 0.1) is 5.92 Å². The number of methoxy groups -OCH3 is 1. The summed E-state index contributed by atoms with van der Waals surface area (Å²) in [4.78, 5) is 17.0. The van der Waals surface area contributed by atoms with Crippen LogP contribution in [-0.2, 0) is 11.2 Å². The lowest BCUT2D eigenvalue weighted by molar-refractivity contribution is 0.0191. The van der Waals surface area contributed by atoms with E-state index >= 15 is 0 Å². The molecule has 2 fully saturated rings. The number of carbonyl (C=O) groups excluding carboxylic acids is 1. The van der Waals surface area contributed by atoms with E-state index in [-0.39, 0.29) is 6.09 Å². The van der Waals surface area contributed by atoms with E-state index in [9.17, 15) is 4.79 Å². The van der Waals surface area contributed by atoms with Gasteiger partial charge in [0.2, 0.25) is 0 Å². The molecule has 0 N–H and O–H groups in total. The molecule has 0 spiro atoms. The van der Waals surface area contributed by atoms with Gasteiger partial charge in [-0.15, -0.1) is 0 Å². The minimum absolute atomic E-state index is 0.181. The molecule has 2 aliphatic rings. The average molecular weight is 403 g/mol. The molecule has 1 saturated heterocycles. The smallest absolute Gasteiger partial charge is 0.410 e. The number of hydrogen-bond acceptors (Lipinski definition) is 4. The molecular formula is C24H38N2O3. The van der Waals surface area contributed by atoms with Gasteiger partial charge in [-0.1, -0.05) is 12.1 Å². The number of piperidine rings is 1. The summed E-state index contributed by atoms with van der Waals surface area (Å²) < 4.78 is 11.0. The summed E-state index contributed by atoms with van der Waals surface area (Å²) in [6.45, 7) is 11.6. The molecule has 162 valence electrons. The zero-order chi connectivity index (χ0) is 21.1. The van der Waals surface area contributed by atoms with Crippen molar-refractivity contribution >= 4 is 6.09 Å². The molecule has 1 aromatic rings. The lowest BCUT2D eigenvalue weighted by atomic mass is 9.93. The van der Waals surface area contributed by atoms with Crippen LogP contribution in [-0.4, -0.2) is 60.3 Å². The Hall–Kier alpha value is -1.75. The van der Waals surface area contributed by atoms with E-state index in [1.165, 1.54) is 18.4 Å². The standard InChI is InChI=1S/C24H38N2O3/c1-6-25(22(27)29-23(2,3)4)18-19-10-14-26(15-11-19)24(12-13-24)17-20-8-7-9-21(16-20)28-5/h7-9,16,19H,6,10-15,17-18H2,1-5H3. The summed E-state index contributed by atoms with van der Waals surface area (Å²) >= 11 is 0. The van der Waals surface area contributed by atoms with Crippen LogP contribution in [0.15, 0.2) is 24.3 Å². The minimum atomic E-state index is -0.438. The molecule has 5 nitrogen and oxygen atoms in total. The molecule has 0 radical (unpaired) electrons. The van der Waals surface area contributed by atoms with Crippen LogP contribution in [0.25, 0.3) is 0 Å². The molecule has 1 amide bonds. The molecule has 1 aliphatic heterocycles. The second-order valence-electron chi connectivity index (χ2n) is 9.70. The first-order valence-electron chi connectivity index (χ1n) is 11.1. The SMILES string of the molecule is CCN(CC1CCN(C2(Cc3cccc(OC)c3)CC2)CC1)C(=O)OC(C)(C)C. The molecule has 0 bridgehead atoms. The second-order valence-corrected chi connectivity index (χ2v) is 9.70. The van der Waals surface area contributed by atoms with Crippen molar-refractivity contribution in [1.29, 1.82) is 0 Å². The van der Waals surface area contributed by atoms with E-state index in [2.05, 4.69) is 23.1 Å². The summed E-state index contributed by atoms with van der Waals surface area (Å²) in [5, 5.41) is 0. The van der Waals surface area contributed by atoms with Gasteiger partial charge >= 0.3 is 6.09 Å². The molecule has 1 aromatic carbocycles. The molecule has 1 heterocycles. The van der Waals surface area contributed by atoms with Gasteiger partial charge in [0.25, 0.3) is 0 Å². The zero-order valence-electron chi connectivity index (χ0n) is 18.9. The quantitative estimate of drug-likeness (QED) is 0.661. The molecule has 1 aliphatic carbocycles. The Morgan fingerprint density at radius 2 is 1.93 bits per heavy atom. The second kappa shape index (κ2) is 8.95. The fourth-order valence-electron chi connectivity index (χ4n) is 4.47. The van der Waals surface area contributed by atoms with Gasteiger partial charge in [0.1, 0.15) is 11.4 Å². The maximum atomic E-state index is 12.4. The highest BCUT2D eigenvalue weighted by Gasteiger charge is 2.48. The summed E-state index contributed by atoms with van der Waals surface area (Å²) in [6.07, 6.45) is 5.80. The maximum absolute atomic E-state index is 12.4. The van der Waals surface area contributed by atoms with Crippen LogP contribution in [0.2, 0.25) is 0 Å². The first-order chi connectivity index (χ1) is 13.7. The molecule has 0 atom stereocenters. The topological polar surface area (TPSA) is 42.0 Å². The molecular weight excluding hydrogens is 364 g/mol. The monoisotopic (exact) mass is 402 g/mol. The molecule has 1 saturated carbocycles. The highest BCUT2D eigenvalue weighted by Crippen LogP contribution is 2.46. The van der Waals surface area contributed by atoms with Crippen molar-refractivity contribution in [3.05, 3.63) is 29.8 Å². The summed E-state index contributed by atoms with van der Waals surface area (Å²) in [6, 6.07) is 8.49. The zero-order valence-corrected chi connectivity index (χ0v) is 18.9. The van der Waals surface area contributed by atoms with Crippen LogP contribution in [0.3, 0.4) is 0 Å². The van der Waals surface area contributed by atoms with E-state index in [0.717, 1.165) is 44.6 Å². The molecule has 0 aromatic heterocycles. The third-order valence-corrected chi connectivity index (χ3v) is 6.29. The number of carbonyl (C=O) groups is 1. The van der Waals surface area contributed by atoms with E-state index in [1.807, 2.05) is 38.7 Å². The number of likely N-dealkylation sites (tertiary alicyclic amines) is 1. The van der Waals surface area contributed by atoms with Crippen LogP contribution in [0.4, 0.5) is 4.79 Å². The van der Waals surface area contributed by atoms with Crippen molar-refractivity contribution in [2.75, 3.05) is 33.3 Å². The van der Waals surface area contributed by atoms with Crippen LogP contribution in [0.1, 0.15) is 58.9 Å². The third kappa shape index (κ3) is 5.88.